The van der Waals surface area contributed by atoms with Crippen LogP contribution in [0.1, 0.15) is 21.6 Å². The van der Waals surface area contributed by atoms with E-state index in [-0.39, 0.29) is 5.78 Å². The average Bonchev–Trinajstić information content (AvgIpc) is 2.69. The van der Waals surface area contributed by atoms with E-state index in [1.54, 1.807) is 12.3 Å². The molecule has 1 heterocycles. The fourth-order valence-electron chi connectivity index (χ4n) is 1.41. The van der Waals surface area contributed by atoms with Crippen LogP contribution in [-0.4, -0.2) is 10.8 Å². The SMILES string of the molecule is Cc1cccc(C(=O)c2ccc[nH]2)c1. The number of hydrogen-bond acceptors (Lipinski definition) is 1. The van der Waals surface area contributed by atoms with E-state index in [0.717, 1.165) is 11.1 Å². The number of ketones is 1. The molecule has 0 saturated carbocycles. The van der Waals surface area contributed by atoms with Gasteiger partial charge in [0.2, 0.25) is 5.78 Å². The average molecular weight is 185 g/mol. The van der Waals surface area contributed by atoms with Crippen molar-refractivity contribution in [2.45, 2.75) is 6.92 Å². The van der Waals surface area contributed by atoms with Crippen LogP contribution in [0.25, 0.3) is 0 Å². The van der Waals surface area contributed by atoms with Crippen molar-refractivity contribution in [1.82, 2.24) is 4.98 Å². The number of benzene rings is 1. The second-order valence-electron chi connectivity index (χ2n) is 3.28. The molecule has 2 rings (SSSR count). The zero-order valence-corrected chi connectivity index (χ0v) is 7.95. The first-order valence-corrected chi connectivity index (χ1v) is 4.52. The van der Waals surface area contributed by atoms with Crippen LogP contribution in [0.4, 0.5) is 0 Å². The van der Waals surface area contributed by atoms with Gasteiger partial charge in [-0.05, 0) is 25.1 Å². The van der Waals surface area contributed by atoms with Crippen LogP contribution in [0, 0.1) is 6.92 Å². The maximum Gasteiger partial charge on any atom is 0.209 e. The molecule has 0 fully saturated rings. The molecule has 0 unspecified atom stereocenters. The Morgan fingerprint density at radius 1 is 1.21 bits per heavy atom. The van der Waals surface area contributed by atoms with Gasteiger partial charge < -0.3 is 4.98 Å². The molecule has 1 aromatic carbocycles. The molecule has 0 amide bonds. The summed E-state index contributed by atoms with van der Waals surface area (Å²) in [6, 6.07) is 11.2. The molecule has 1 aromatic heterocycles. The molecule has 14 heavy (non-hydrogen) atoms. The Bertz CT molecular complexity index is 443. The topological polar surface area (TPSA) is 32.9 Å². The second-order valence-corrected chi connectivity index (χ2v) is 3.28. The van der Waals surface area contributed by atoms with E-state index >= 15 is 0 Å². The van der Waals surface area contributed by atoms with Gasteiger partial charge in [0.15, 0.2) is 0 Å². The van der Waals surface area contributed by atoms with Gasteiger partial charge >= 0.3 is 0 Å². The van der Waals surface area contributed by atoms with Crippen molar-refractivity contribution in [2.75, 3.05) is 0 Å². The maximum atomic E-state index is 11.8. The Labute approximate surface area is 82.6 Å². The maximum absolute atomic E-state index is 11.8. The summed E-state index contributed by atoms with van der Waals surface area (Å²) in [5.41, 5.74) is 2.46. The Morgan fingerprint density at radius 3 is 2.71 bits per heavy atom. The molecular weight excluding hydrogens is 174 g/mol. The van der Waals surface area contributed by atoms with Crippen molar-refractivity contribution in [2.24, 2.45) is 0 Å². The van der Waals surface area contributed by atoms with Crippen molar-refractivity contribution in [3.8, 4) is 0 Å². The van der Waals surface area contributed by atoms with E-state index in [2.05, 4.69) is 4.98 Å². The van der Waals surface area contributed by atoms with Crippen LogP contribution in [0.2, 0.25) is 0 Å². The Balaban J connectivity index is 2.37. The number of hydrogen-bond donors (Lipinski definition) is 1. The fourth-order valence-corrected chi connectivity index (χ4v) is 1.41. The fraction of sp³-hybridized carbons (Fsp3) is 0.0833. The summed E-state index contributed by atoms with van der Waals surface area (Å²) in [5, 5.41) is 0. The highest BCUT2D eigenvalue weighted by Crippen LogP contribution is 2.09. The molecule has 1 N–H and O–H groups in total. The highest BCUT2D eigenvalue weighted by Gasteiger charge is 2.08. The lowest BCUT2D eigenvalue weighted by Gasteiger charge is -1.99. The lowest BCUT2D eigenvalue weighted by molar-refractivity contribution is 0.103. The second kappa shape index (κ2) is 3.50. The summed E-state index contributed by atoms with van der Waals surface area (Å²) in [6.45, 7) is 1.98. The zero-order valence-electron chi connectivity index (χ0n) is 7.95. The molecule has 0 aliphatic rings. The molecule has 0 aliphatic carbocycles. The van der Waals surface area contributed by atoms with Crippen molar-refractivity contribution in [1.29, 1.82) is 0 Å². The predicted octanol–water partition coefficient (Wildman–Crippen LogP) is 2.55. The summed E-state index contributed by atoms with van der Waals surface area (Å²) in [7, 11) is 0. The first-order valence-electron chi connectivity index (χ1n) is 4.52. The highest BCUT2D eigenvalue weighted by atomic mass is 16.1. The number of H-pyrrole nitrogens is 1. The third-order valence-corrected chi connectivity index (χ3v) is 2.12. The van der Waals surface area contributed by atoms with E-state index in [4.69, 9.17) is 0 Å². The van der Waals surface area contributed by atoms with Crippen LogP contribution in [-0.2, 0) is 0 Å². The third-order valence-electron chi connectivity index (χ3n) is 2.12. The molecule has 2 aromatic rings. The van der Waals surface area contributed by atoms with Crippen LogP contribution < -0.4 is 0 Å². The lowest BCUT2D eigenvalue weighted by atomic mass is 10.1. The lowest BCUT2D eigenvalue weighted by Crippen LogP contribution is -2.01. The van der Waals surface area contributed by atoms with Crippen LogP contribution in [0.3, 0.4) is 0 Å². The van der Waals surface area contributed by atoms with E-state index in [1.165, 1.54) is 0 Å². The molecular formula is C12H11NO. The van der Waals surface area contributed by atoms with E-state index in [0.29, 0.717) is 5.69 Å². The van der Waals surface area contributed by atoms with Crippen LogP contribution in [0.5, 0.6) is 0 Å². The quantitative estimate of drug-likeness (QED) is 0.716. The van der Waals surface area contributed by atoms with Gasteiger partial charge in [-0.25, -0.2) is 0 Å². The standard InChI is InChI=1S/C12H11NO/c1-9-4-2-5-10(8-9)12(14)11-6-3-7-13-11/h2-8,13H,1H3. The van der Waals surface area contributed by atoms with Crippen molar-refractivity contribution in [3.63, 3.8) is 0 Å². The minimum absolute atomic E-state index is 0.0405. The number of aryl methyl sites for hydroxylation is 1. The predicted molar refractivity (Wildman–Crippen MR) is 55.4 cm³/mol. The van der Waals surface area contributed by atoms with Gasteiger partial charge in [0.25, 0.3) is 0 Å². The normalized spacial score (nSPS) is 10.1. The summed E-state index contributed by atoms with van der Waals surface area (Å²) in [5.74, 6) is 0.0405. The van der Waals surface area contributed by atoms with Gasteiger partial charge in [0.05, 0.1) is 5.69 Å². The van der Waals surface area contributed by atoms with Crippen molar-refractivity contribution in [3.05, 3.63) is 59.4 Å². The zero-order chi connectivity index (χ0) is 9.97. The number of rotatable bonds is 2. The first-order chi connectivity index (χ1) is 6.77. The summed E-state index contributed by atoms with van der Waals surface area (Å²) in [6.07, 6.45) is 1.75. The first kappa shape index (κ1) is 8.75. The molecule has 2 heteroatoms. The molecule has 0 radical (unpaired) electrons. The Kier molecular flexibility index (Phi) is 2.19. The Hall–Kier alpha value is -1.83. The van der Waals surface area contributed by atoms with Gasteiger partial charge in [-0.15, -0.1) is 0 Å². The van der Waals surface area contributed by atoms with Crippen molar-refractivity contribution >= 4 is 5.78 Å². The van der Waals surface area contributed by atoms with Crippen molar-refractivity contribution < 1.29 is 4.79 Å². The highest BCUT2D eigenvalue weighted by molar-refractivity contribution is 6.07. The largest absolute Gasteiger partial charge is 0.359 e. The number of aromatic amines is 1. The van der Waals surface area contributed by atoms with Gasteiger partial charge in [-0.1, -0.05) is 23.8 Å². The molecule has 0 spiro atoms. The molecule has 2 nitrogen and oxygen atoms in total. The number of aromatic nitrogens is 1. The van der Waals surface area contributed by atoms with Gasteiger partial charge in [0, 0.05) is 11.8 Å². The van der Waals surface area contributed by atoms with Gasteiger partial charge in [0.1, 0.15) is 0 Å². The molecule has 0 saturated heterocycles. The molecule has 0 bridgehead atoms. The molecule has 0 aliphatic heterocycles. The van der Waals surface area contributed by atoms with E-state index in [1.807, 2.05) is 37.3 Å². The van der Waals surface area contributed by atoms with Gasteiger partial charge in [-0.3, -0.25) is 4.79 Å². The third kappa shape index (κ3) is 1.59. The van der Waals surface area contributed by atoms with Crippen LogP contribution >= 0.6 is 0 Å². The van der Waals surface area contributed by atoms with E-state index < -0.39 is 0 Å². The minimum Gasteiger partial charge on any atom is -0.359 e. The summed E-state index contributed by atoms with van der Waals surface area (Å²) >= 11 is 0. The van der Waals surface area contributed by atoms with Gasteiger partial charge in [-0.2, -0.15) is 0 Å². The van der Waals surface area contributed by atoms with E-state index in [9.17, 15) is 4.79 Å². The monoisotopic (exact) mass is 185 g/mol. The number of carbonyl (C=O) groups is 1. The summed E-state index contributed by atoms with van der Waals surface area (Å²) < 4.78 is 0. The van der Waals surface area contributed by atoms with Crippen LogP contribution in [0.15, 0.2) is 42.6 Å². The molecule has 0 atom stereocenters. The molecule has 70 valence electrons. The Morgan fingerprint density at radius 2 is 2.07 bits per heavy atom. The minimum atomic E-state index is 0.0405. The number of nitrogens with one attached hydrogen (secondary N) is 1. The summed E-state index contributed by atoms with van der Waals surface area (Å²) in [4.78, 5) is 14.7. The number of carbonyl (C=O) groups excluding carboxylic acids is 1. The smallest absolute Gasteiger partial charge is 0.209 e.